The minimum atomic E-state index is -0.394. The molecule has 0 spiro atoms. The molecule has 1 amide bonds. The van der Waals surface area contributed by atoms with Gasteiger partial charge in [0.05, 0.1) is 16.2 Å². The number of aromatic amines is 1. The SMILES string of the molecule is CCCn1c(=O)c2[nH]c(-c3ccc(OCC(=O)Nc4ccc(C(C)=O)cc4)cc3)c(Cl)c2n(CCC)c1=O. The first-order valence-corrected chi connectivity index (χ1v) is 12.8. The van der Waals surface area contributed by atoms with Gasteiger partial charge in [-0.2, -0.15) is 0 Å². The number of benzene rings is 2. The van der Waals surface area contributed by atoms with Crippen molar-refractivity contribution in [3.63, 3.8) is 0 Å². The second-order valence-electron chi connectivity index (χ2n) is 8.92. The van der Waals surface area contributed by atoms with Crippen LogP contribution in [0.2, 0.25) is 5.02 Å². The van der Waals surface area contributed by atoms with Crippen LogP contribution in [0.4, 0.5) is 5.69 Å². The van der Waals surface area contributed by atoms with Gasteiger partial charge in [0.2, 0.25) is 0 Å². The average Bonchev–Trinajstić information content (AvgIpc) is 3.25. The van der Waals surface area contributed by atoms with Gasteiger partial charge < -0.3 is 15.0 Å². The molecule has 2 aromatic heterocycles. The molecule has 0 aliphatic rings. The van der Waals surface area contributed by atoms with Crippen LogP contribution in [0.3, 0.4) is 0 Å². The maximum absolute atomic E-state index is 13.1. The predicted octanol–water partition coefficient (Wildman–Crippen LogP) is 4.85. The van der Waals surface area contributed by atoms with Crippen molar-refractivity contribution < 1.29 is 14.3 Å². The molecule has 10 heteroatoms. The van der Waals surface area contributed by atoms with Gasteiger partial charge in [-0.05, 0) is 73.9 Å². The topological polar surface area (TPSA) is 115 Å². The standard InChI is InChI=1S/C28H29ClN4O5/c1-4-14-32-26-23(29)24(31-25(26)27(36)33(15-5-2)28(32)37)19-8-12-21(13-9-19)38-16-22(35)30-20-10-6-18(7-11-20)17(3)34/h6-13,31H,4-5,14-16H2,1-3H3,(H,30,35). The molecule has 4 rings (SSSR count). The number of hydrogen-bond acceptors (Lipinski definition) is 5. The van der Waals surface area contributed by atoms with E-state index in [0.29, 0.717) is 70.2 Å². The number of carbonyl (C=O) groups excluding carboxylic acids is 2. The number of nitrogens with zero attached hydrogens (tertiary/aromatic N) is 2. The van der Waals surface area contributed by atoms with Crippen LogP contribution < -0.4 is 21.3 Å². The minimum Gasteiger partial charge on any atom is -0.484 e. The Bertz CT molecular complexity index is 1600. The number of aromatic nitrogens is 3. The summed E-state index contributed by atoms with van der Waals surface area (Å²) in [7, 11) is 0. The fraction of sp³-hybridized carbons (Fsp3) is 0.286. The third-order valence-corrected chi connectivity index (χ3v) is 6.46. The molecule has 0 saturated heterocycles. The van der Waals surface area contributed by atoms with Crippen LogP contribution in [0.25, 0.3) is 22.3 Å². The molecule has 38 heavy (non-hydrogen) atoms. The van der Waals surface area contributed by atoms with E-state index in [1.54, 1.807) is 53.1 Å². The normalized spacial score (nSPS) is 11.1. The van der Waals surface area contributed by atoms with Crippen molar-refractivity contribution in [3.8, 4) is 17.0 Å². The summed E-state index contributed by atoms with van der Waals surface area (Å²) in [6, 6.07) is 13.5. The summed E-state index contributed by atoms with van der Waals surface area (Å²) in [5.41, 5.74) is 2.28. The Labute approximate surface area is 224 Å². The highest BCUT2D eigenvalue weighted by Crippen LogP contribution is 2.33. The van der Waals surface area contributed by atoms with Crippen LogP contribution in [0.5, 0.6) is 5.75 Å². The molecule has 0 bridgehead atoms. The van der Waals surface area contributed by atoms with E-state index in [1.807, 2.05) is 13.8 Å². The van der Waals surface area contributed by atoms with Gasteiger partial charge >= 0.3 is 5.69 Å². The monoisotopic (exact) mass is 536 g/mol. The van der Waals surface area contributed by atoms with Crippen molar-refractivity contribution in [2.24, 2.45) is 0 Å². The maximum atomic E-state index is 13.1. The quantitative estimate of drug-likeness (QED) is 0.281. The number of ether oxygens (including phenoxy) is 1. The fourth-order valence-corrected chi connectivity index (χ4v) is 4.59. The molecule has 2 N–H and O–H groups in total. The van der Waals surface area contributed by atoms with Crippen LogP contribution in [0, 0.1) is 0 Å². The molecule has 0 radical (unpaired) electrons. The largest absolute Gasteiger partial charge is 0.484 e. The number of nitrogens with one attached hydrogen (secondary N) is 2. The Kier molecular flexibility index (Phi) is 8.16. The van der Waals surface area contributed by atoms with Gasteiger partial charge in [-0.3, -0.25) is 23.5 Å². The fourth-order valence-electron chi connectivity index (χ4n) is 4.24. The number of ketones is 1. The van der Waals surface area contributed by atoms with Crippen LogP contribution in [0.1, 0.15) is 44.0 Å². The molecule has 2 heterocycles. The third kappa shape index (κ3) is 5.43. The van der Waals surface area contributed by atoms with Crippen molar-refractivity contribution in [2.75, 3.05) is 11.9 Å². The summed E-state index contributed by atoms with van der Waals surface area (Å²) < 4.78 is 8.40. The van der Waals surface area contributed by atoms with E-state index in [9.17, 15) is 19.2 Å². The van der Waals surface area contributed by atoms with Crippen molar-refractivity contribution in [3.05, 3.63) is 80.0 Å². The third-order valence-electron chi connectivity index (χ3n) is 6.09. The molecule has 0 fully saturated rings. The lowest BCUT2D eigenvalue weighted by Gasteiger charge is -2.11. The Morgan fingerprint density at radius 2 is 1.58 bits per heavy atom. The molecule has 0 aliphatic carbocycles. The number of rotatable bonds is 10. The number of amides is 1. The molecule has 9 nitrogen and oxygen atoms in total. The second kappa shape index (κ2) is 11.5. The van der Waals surface area contributed by atoms with Gasteiger partial charge in [-0.15, -0.1) is 0 Å². The highest BCUT2D eigenvalue weighted by atomic mass is 35.5. The van der Waals surface area contributed by atoms with Crippen LogP contribution in [-0.4, -0.2) is 32.4 Å². The first kappa shape index (κ1) is 26.9. The van der Waals surface area contributed by atoms with E-state index in [0.717, 1.165) is 0 Å². The van der Waals surface area contributed by atoms with Gasteiger partial charge in [-0.1, -0.05) is 25.4 Å². The van der Waals surface area contributed by atoms with Crippen molar-refractivity contribution in [1.29, 1.82) is 0 Å². The zero-order valence-electron chi connectivity index (χ0n) is 21.5. The van der Waals surface area contributed by atoms with Gasteiger partial charge in [0.25, 0.3) is 11.5 Å². The van der Waals surface area contributed by atoms with Crippen LogP contribution in [0.15, 0.2) is 58.1 Å². The lowest BCUT2D eigenvalue weighted by Crippen LogP contribution is -2.40. The number of carbonyl (C=O) groups is 2. The summed E-state index contributed by atoms with van der Waals surface area (Å²) in [4.78, 5) is 52.8. The summed E-state index contributed by atoms with van der Waals surface area (Å²) >= 11 is 6.71. The van der Waals surface area contributed by atoms with Crippen molar-refractivity contribution in [1.82, 2.24) is 14.1 Å². The number of fused-ring (bicyclic) bond motifs is 1. The van der Waals surface area contributed by atoms with Crippen molar-refractivity contribution in [2.45, 2.75) is 46.7 Å². The van der Waals surface area contributed by atoms with E-state index in [1.165, 1.54) is 11.5 Å². The van der Waals surface area contributed by atoms with E-state index in [-0.39, 0.29) is 24.0 Å². The molecule has 0 atom stereocenters. The lowest BCUT2D eigenvalue weighted by molar-refractivity contribution is -0.118. The molecule has 198 valence electrons. The maximum Gasteiger partial charge on any atom is 0.331 e. The Morgan fingerprint density at radius 1 is 0.947 bits per heavy atom. The second-order valence-corrected chi connectivity index (χ2v) is 9.30. The van der Waals surface area contributed by atoms with Crippen molar-refractivity contribution >= 4 is 40.0 Å². The summed E-state index contributed by atoms with van der Waals surface area (Å²) in [6.45, 7) is 5.90. The molecule has 2 aromatic carbocycles. The summed E-state index contributed by atoms with van der Waals surface area (Å²) in [5, 5.41) is 3.02. The van der Waals surface area contributed by atoms with Gasteiger partial charge in [0.15, 0.2) is 12.4 Å². The average molecular weight is 537 g/mol. The molecule has 0 unspecified atom stereocenters. The lowest BCUT2D eigenvalue weighted by atomic mass is 10.1. The van der Waals surface area contributed by atoms with Crippen LogP contribution in [-0.2, 0) is 17.9 Å². The Balaban J connectivity index is 1.53. The number of anilines is 1. The van der Waals surface area contributed by atoms with E-state index >= 15 is 0 Å². The molecular weight excluding hydrogens is 508 g/mol. The highest BCUT2D eigenvalue weighted by Gasteiger charge is 2.21. The predicted molar refractivity (Wildman–Crippen MR) is 148 cm³/mol. The summed E-state index contributed by atoms with van der Waals surface area (Å²) in [6.07, 6.45) is 1.36. The Hall–Kier alpha value is -4.11. The van der Waals surface area contributed by atoms with E-state index < -0.39 is 5.56 Å². The molecule has 4 aromatic rings. The summed E-state index contributed by atoms with van der Waals surface area (Å²) in [5.74, 6) is 0.0733. The first-order chi connectivity index (χ1) is 18.2. The number of halogens is 1. The number of H-pyrrole nitrogens is 1. The number of aryl methyl sites for hydroxylation is 1. The van der Waals surface area contributed by atoms with Gasteiger partial charge in [0.1, 0.15) is 11.3 Å². The molecule has 0 saturated carbocycles. The van der Waals surface area contributed by atoms with E-state index in [4.69, 9.17) is 16.3 Å². The smallest absolute Gasteiger partial charge is 0.331 e. The van der Waals surface area contributed by atoms with E-state index in [2.05, 4.69) is 10.3 Å². The Morgan fingerprint density at radius 3 is 2.18 bits per heavy atom. The highest BCUT2D eigenvalue weighted by molar-refractivity contribution is 6.38. The van der Waals surface area contributed by atoms with Gasteiger partial charge in [-0.25, -0.2) is 4.79 Å². The number of Topliss-reactive ketones (excluding diaryl/α,β-unsaturated/α-hetero) is 1. The zero-order valence-corrected chi connectivity index (χ0v) is 22.2. The molecule has 0 aliphatic heterocycles. The van der Waals surface area contributed by atoms with Crippen LogP contribution >= 0.6 is 11.6 Å². The zero-order chi connectivity index (χ0) is 27.4. The molecular formula is C28H29ClN4O5. The first-order valence-electron chi connectivity index (χ1n) is 12.4. The minimum absolute atomic E-state index is 0.0488. The number of hydrogen-bond donors (Lipinski definition) is 2. The van der Waals surface area contributed by atoms with Gasteiger partial charge in [0, 0.05) is 24.3 Å².